The minimum Gasteiger partial charge on any atom is -0.497 e. The van der Waals surface area contributed by atoms with Crippen LogP contribution in [0, 0.1) is 0 Å². The average Bonchev–Trinajstić information content (AvgIpc) is 3.34. The van der Waals surface area contributed by atoms with E-state index < -0.39 is 6.04 Å². The number of allylic oxidation sites excluding steroid dienone is 2. The number of anilines is 1. The number of ketones is 1. The molecular formula is C25H26N4O5. The number of hydrogen-bond acceptors (Lipinski definition) is 8. The molecule has 0 spiro atoms. The standard InChI is InChI=1S/C25H26N4O5/c1-31-16-6-7-17(21(12-16)33-3)24-23-18(28-25-26-13-27-29(24)25)9-15(10-19(23)30)14-5-8-20(32-2)22(11-14)34-4/h5-8,11-13,15,24H,9-10H2,1-4H3,(H,26,27,28)/t15-,24-/m1/s1. The molecule has 1 aromatic heterocycles. The molecule has 0 fully saturated rings. The van der Waals surface area contributed by atoms with Crippen LogP contribution in [-0.2, 0) is 4.79 Å². The number of ether oxygens (including phenoxy) is 4. The summed E-state index contributed by atoms with van der Waals surface area (Å²) in [6.07, 6.45) is 2.51. The summed E-state index contributed by atoms with van der Waals surface area (Å²) in [6, 6.07) is 10.9. The molecule has 0 saturated carbocycles. The fourth-order valence-corrected chi connectivity index (χ4v) is 4.83. The van der Waals surface area contributed by atoms with Crippen molar-refractivity contribution >= 4 is 11.7 Å². The first kappa shape index (κ1) is 21.8. The van der Waals surface area contributed by atoms with E-state index in [1.807, 2.05) is 36.4 Å². The van der Waals surface area contributed by atoms with Crippen molar-refractivity contribution in [1.29, 1.82) is 0 Å². The lowest BCUT2D eigenvalue weighted by Crippen LogP contribution is -2.33. The van der Waals surface area contributed by atoms with Crippen molar-refractivity contribution in [1.82, 2.24) is 14.8 Å². The molecule has 9 nitrogen and oxygen atoms in total. The van der Waals surface area contributed by atoms with E-state index in [4.69, 9.17) is 18.9 Å². The molecule has 2 aliphatic rings. The van der Waals surface area contributed by atoms with E-state index in [2.05, 4.69) is 15.4 Å². The van der Waals surface area contributed by atoms with E-state index in [0.29, 0.717) is 47.4 Å². The molecule has 1 aliphatic heterocycles. The van der Waals surface area contributed by atoms with Gasteiger partial charge in [0.1, 0.15) is 23.9 Å². The lowest BCUT2D eigenvalue weighted by Gasteiger charge is -2.35. The van der Waals surface area contributed by atoms with Crippen molar-refractivity contribution < 1.29 is 23.7 Å². The molecule has 1 aliphatic carbocycles. The number of nitrogens with zero attached hydrogens (tertiary/aromatic N) is 3. The summed E-state index contributed by atoms with van der Waals surface area (Å²) < 4.78 is 23.6. The molecule has 2 heterocycles. The van der Waals surface area contributed by atoms with Gasteiger partial charge in [0.25, 0.3) is 0 Å². The number of carbonyl (C=O) groups excluding carboxylic acids is 1. The smallest absolute Gasteiger partial charge is 0.226 e. The van der Waals surface area contributed by atoms with Gasteiger partial charge in [0, 0.05) is 29.3 Å². The predicted molar refractivity (Wildman–Crippen MR) is 125 cm³/mol. The molecule has 2 atom stereocenters. The molecule has 5 rings (SSSR count). The minimum absolute atomic E-state index is 0.00793. The van der Waals surface area contributed by atoms with Crippen molar-refractivity contribution in [2.24, 2.45) is 0 Å². The summed E-state index contributed by atoms with van der Waals surface area (Å²) in [4.78, 5) is 18.0. The largest absolute Gasteiger partial charge is 0.497 e. The third-order valence-electron chi connectivity index (χ3n) is 6.48. The Hall–Kier alpha value is -4.01. The fraction of sp³-hybridized carbons (Fsp3) is 0.320. The number of aromatic nitrogens is 3. The van der Waals surface area contributed by atoms with Gasteiger partial charge < -0.3 is 24.3 Å². The molecule has 2 aromatic carbocycles. The van der Waals surface area contributed by atoms with Crippen LogP contribution in [0.1, 0.15) is 35.9 Å². The maximum atomic E-state index is 13.6. The molecule has 3 aromatic rings. The molecule has 176 valence electrons. The van der Waals surface area contributed by atoms with Gasteiger partial charge in [-0.3, -0.25) is 4.79 Å². The molecule has 0 bridgehead atoms. The third-order valence-corrected chi connectivity index (χ3v) is 6.48. The van der Waals surface area contributed by atoms with E-state index in [1.54, 1.807) is 33.1 Å². The summed E-state index contributed by atoms with van der Waals surface area (Å²) in [5, 5.41) is 7.76. The van der Waals surface area contributed by atoms with E-state index in [-0.39, 0.29) is 11.7 Å². The van der Waals surface area contributed by atoms with Crippen LogP contribution in [0.25, 0.3) is 0 Å². The van der Waals surface area contributed by atoms with Crippen LogP contribution >= 0.6 is 0 Å². The van der Waals surface area contributed by atoms with Gasteiger partial charge >= 0.3 is 0 Å². The van der Waals surface area contributed by atoms with Crippen molar-refractivity contribution in [3.63, 3.8) is 0 Å². The number of hydrogen-bond donors (Lipinski definition) is 1. The monoisotopic (exact) mass is 462 g/mol. The van der Waals surface area contributed by atoms with Crippen LogP contribution < -0.4 is 24.3 Å². The van der Waals surface area contributed by atoms with E-state index in [1.165, 1.54) is 6.33 Å². The molecule has 0 amide bonds. The molecular weight excluding hydrogens is 436 g/mol. The molecule has 0 radical (unpaired) electrons. The summed E-state index contributed by atoms with van der Waals surface area (Å²) in [6.45, 7) is 0. The maximum absolute atomic E-state index is 13.6. The van der Waals surface area contributed by atoms with Gasteiger partial charge in [-0.15, -0.1) is 0 Å². The van der Waals surface area contributed by atoms with E-state index in [0.717, 1.165) is 16.8 Å². The van der Waals surface area contributed by atoms with Crippen molar-refractivity contribution in [2.75, 3.05) is 33.8 Å². The SMILES string of the molecule is COc1ccc([C@@H]2C3=C(C[C@@H](c4ccc(OC)c(OC)c4)CC3=O)Nc3ncnn32)c(OC)c1. The van der Waals surface area contributed by atoms with Gasteiger partial charge in [0.2, 0.25) is 5.95 Å². The first-order chi connectivity index (χ1) is 16.6. The Balaban J connectivity index is 1.58. The Bertz CT molecular complexity index is 1280. The Kier molecular flexibility index (Phi) is 5.61. The summed E-state index contributed by atoms with van der Waals surface area (Å²) in [5.41, 5.74) is 3.37. The quantitative estimate of drug-likeness (QED) is 0.592. The van der Waals surface area contributed by atoms with Crippen LogP contribution in [0.15, 0.2) is 54.0 Å². The zero-order valence-electron chi connectivity index (χ0n) is 19.5. The van der Waals surface area contributed by atoms with Crippen LogP contribution in [-0.4, -0.2) is 49.0 Å². The summed E-state index contributed by atoms with van der Waals surface area (Å²) >= 11 is 0. The van der Waals surface area contributed by atoms with Gasteiger partial charge in [0.15, 0.2) is 17.3 Å². The minimum atomic E-state index is -0.451. The fourth-order valence-electron chi connectivity index (χ4n) is 4.83. The number of nitrogens with one attached hydrogen (secondary N) is 1. The second kappa shape index (κ2) is 8.74. The highest BCUT2D eigenvalue weighted by atomic mass is 16.5. The zero-order valence-corrected chi connectivity index (χ0v) is 19.5. The Morgan fingerprint density at radius 3 is 2.44 bits per heavy atom. The number of fused-ring (bicyclic) bond motifs is 1. The average molecular weight is 463 g/mol. The number of methoxy groups -OCH3 is 4. The van der Waals surface area contributed by atoms with Crippen molar-refractivity contribution in [3.05, 3.63) is 65.1 Å². The molecule has 0 saturated heterocycles. The second-order valence-electron chi connectivity index (χ2n) is 8.20. The topological polar surface area (TPSA) is 96.7 Å². The normalized spacial score (nSPS) is 19.1. The highest BCUT2D eigenvalue weighted by molar-refractivity contribution is 6.00. The Morgan fingerprint density at radius 1 is 0.912 bits per heavy atom. The van der Waals surface area contributed by atoms with Gasteiger partial charge in [0.05, 0.1) is 28.4 Å². The highest BCUT2D eigenvalue weighted by Gasteiger charge is 2.40. The maximum Gasteiger partial charge on any atom is 0.226 e. The van der Waals surface area contributed by atoms with E-state index >= 15 is 0 Å². The predicted octanol–water partition coefficient (Wildman–Crippen LogP) is 3.73. The summed E-state index contributed by atoms with van der Waals surface area (Å²) in [5.74, 6) is 3.22. The van der Waals surface area contributed by atoms with Gasteiger partial charge in [-0.05, 0) is 42.2 Å². The number of Topliss-reactive ketones (excluding diaryl/α,β-unsaturated/α-hetero) is 1. The van der Waals surface area contributed by atoms with Crippen LogP contribution in [0.3, 0.4) is 0 Å². The summed E-state index contributed by atoms with van der Waals surface area (Å²) in [7, 11) is 6.42. The van der Waals surface area contributed by atoms with Crippen molar-refractivity contribution in [2.45, 2.75) is 24.8 Å². The third kappa shape index (κ3) is 3.53. The Labute approximate surface area is 197 Å². The number of benzene rings is 2. The van der Waals surface area contributed by atoms with E-state index in [9.17, 15) is 4.79 Å². The van der Waals surface area contributed by atoms with Crippen LogP contribution in [0.4, 0.5) is 5.95 Å². The second-order valence-corrected chi connectivity index (χ2v) is 8.20. The van der Waals surface area contributed by atoms with Crippen LogP contribution in [0.2, 0.25) is 0 Å². The first-order valence-electron chi connectivity index (χ1n) is 10.9. The first-order valence-corrected chi connectivity index (χ1v) is 10.9. The van der Waals surface area contributed by atoms with Gasteiger partial charge in [-0.1, -0.05) is 6.07 Å². The molecule has 9 heteroatoms. The molecule has 0 unspecified atom stereocenters. The molecule has 34 heavy (non-hydrogen) atoms. The number of carbonyl (C=O) groups is 1. The Morgan fingerprint density at radius 2 is 1.71 bits per heavy atom. The van der Waals surface area contributed by atoms with Gasteiger partial charge in [-0.2, -0.15) is 10.1 Å². The van der Waals surface area contributed by atoms with Crippen molar-refractivity contribution in [3.8, 4) is 23.0 Å². The zero-order chi connectivity index (χ0) is 23.8. The lowest BCUT2D eigenvalue weighted by molar-refractivity contribution is -0.116. The lowest BCUT2D eigenvalue weighted by atomic mass is 9.77. The molecule has 1 N–H and O–H groups in total. The van der Waals surface area contributed by atoms with Gasteiger partial charge in [-0.25, -0.2) is 4.68 Å². The number of rotatable bonds is 6. The highest BCUT2D eigenvalue weighted by Crippen LogP contribution is 2.46. The van der Waals surface area contributed by atoms with Crippen LogP contribution in [0.5, 0.6) is 23.0 Å².